The van der Waals surface area contributed by atoms with Gasteiger partial charge in [0.05, 0.1) is 5.56 Å². The average molecular weight is 480 g/mol. The third kappa shape index (κ3) is 4.50. The first-order valence-corrected chi connectivity index (χ1v) is 13.3. The van der Waals surface area contributed by atoms with Crippen molar-refractivity contribution in [1.82, 2.24) is 23.7 Å². The molecule has 2 aliphatic rings. The molecule has 0 unspecified atom stereocenters. The van der Waals surface area contributed by atoms with Crippen molar-refractivity contribution in [2.45, 2.75) is 39.2 Å². The number of sulfonamides is 1. The van der Waals surface area contributed by atoms with E-state index in [0.717, 1.165) is 48.5 Å². The van der Waals surface area contributed by atoms with Gasteiger partial charge in [0, 0.05) is 50.2 Å². The van der Waals surface area contributed by atoms with Crippen molar-refractivity contribution in [3.05, 3.63) is 64.5 Å². The summed E-state index contributed by atoms with van der Waals surface area (Å²) in [6, 6.07) is 11.1. The predicted molar refractivity (Wildman–Crippen MR) is 132 cm³/mol. The number of fused-ring (bicyclic) bond motifs is 3. The van der Waals surface area contributed by atoms with Gasteiger partial charge in [-0.1, -0.05) is 36.8 Å². The topological polar surface area (TPSA) is 88.4 Å². The van der Waals surface area contributed by atoms with E-state index in [0.29, 0.717) is 24.2 Å². The number of hydrogen-bond donors (Lipinski definition) is 0. The van der Waals surface area contributed by atoms with E-state index >= 15 is 0 Å². The molecule has 3 aromatic rings. The second-order valence-corrected chi connectivity index (χ2v) is 10.7. The fraction of sp³-hybridized carbons (Fsp3) is 0.400. The van der Waals surface area contributed by atoms with Crippen molar-refractivity contribution < 1.29 is 13.2 Å². The number of aromatic nitrogens is 3. The highest BCUT2D eigenvalue weighted by Gasteiger charge is 2.30. The first-order valence-electron chi connectivity index (χ1n) is 11.8. The zero-order valence-corrected chi connectivity index (χ0v) is 20.2. The molecule has 0 saturated carbocycles. The number of nitrogens with zero attached hydrogens (tertiary/aromatic N) is 5. The largest absolute Gasteiger partial charge is 0.336 e. The molecule has 0 bridgehead atoms. The number of imidazole rings is 1. The van der Waals surface area contributed by atoms with Crippen LogP contribution in [-0.4, -0.2) is 64.2 Å². The Morgan fingerprint density at radius 3 is 2.50 bits per heavy atom. The van der Waals surface area contributed by atoms with Crippen molar-refractivity contribution in [2.24, 2.45) is 0 Å². The maximum atomic E-state index is 13.5. The molecular formula is C25H29N5O3S. The van der Waals surface area contributed by atoms with E-state index in [4.69, 9.17) is 9.97 Å². The minimum Gasteiger partial charge on any atom is -0.336 e. The Morgan fingerprint density at radius 1 is 0.971 bits per heavy atom. The molecule has 5 rings (SSSR count). The van der Waals surface area contributed by atoms with Gasteiger partial charge in [-0.25, -0.2) is 18.4 Å². The zero-order chi connectivity index (χ0) is 23.7. The maximum absolute atomic E-state index is 13.5. The molecule has 8 nitrogen and oxygen atoms in total. The number of carbonyl (C=O) groups is 1. The lowest BCUT2D eigenvalue weighted by molar-refractivity contribution is 0.0700. The number of pyridine rings is 1. The Labute approximate surface area is 200 Å². The van der Waals surface area contributed by atoms with Gasteiger partial charge in [-0.2, -0.15) is 4.31 Å². The van der Waals surface area contributed by atoms with Crippen LogP contribution in [0.2, 0.25) is 0 Å². The molecule has 4 heterocycles. The summed E-state index contributed by atoms with van der Waals surface area (Å²) in [7, 11) is -3.55. The lowest BCUT2D eigenvalue weighted by Crippen LogP contribution is -2.50. The van der Waals surface area contributed by atoms with E-state index < -0.39 is 10.0 Å². The Kier molecular flexibility index (Phi) is 6.22. The third-order valence-corrected chi connectivity index (χ3v) is 8.11. The van der Waals surface area contributed by atoms with Gasteiger partial charge < -0.3 is 9.47 Å². The van der Waals surface area contributed by atoms with Crippen LogP contribution in [0.1, 0.15) is 46.7 Å². The van der Waals surface area contributed by atoms with Crippen LogP contribution < -0.4 is 0 Å². The summed E-state index contributed by atoms with van der Waals surface area (Å²) in [4.78, 5) is 24.7. The van der Waals surface area contributed by atoms with Gasteiger partial charge in [-0.05, 0) is 37.5 Å². The third-order valence-electron chi connectivity index (χ3n) is 6.54. The van der Waals surface area contributed by atoms with Gasteiger partial charge in [-0.3, -0.25) is 4.79 Å². The summed E-state index contributed by atoms with van der Waals surface area (Å²) in [6.45, 7) is 3.99. The number of aryl methyl sites for hydroxylation is 3. The summed E-state index contributed by atoms with van der Waals surface area (Å²) in [5.41, 5.74) is 3.62. The molecule has 1 aromatic carbocycles. The summed E-state index contributed by atoms with van der Waals surface area (Å²) in [6.07, 6.45) is 5.87. The van der Waals surface area contributed by atoms with E-state index in [1.807, 2.05) is 43.3 Å². The number of hydrogen-bond acceptors (Lipinski definition) is 5. The normalized spacial score (nSPS) is 17.7. The summed E-state index contributed by atoms with van der Waals surface area (Å²) >= 11 is 0. The van der Waals surface area contributed by atoms with Crippen LogP contribution in [0.15, 0.2) is 41.8 Å². The first-order chi connectivity index (χ1) is 16.4. The lowest BCUT2D eigenvalue weighted by Gasteiger charge is -2.33. The van der Waals surface area contributed by atoms with Gasteiger partial charge in [0.1, 0.15) is 11.3 Å². The van der Waals surface area contributed by atoms with E-state index in [-0.39, 0.29) is 19.0 Å². The number of amides is 1. The minimum atomic E-state index is -3.55. The number of carbonyl (C=O) groups excluding carboxylic acids is 1. The molecule has 178 valence electrons. The standard InChI is InChI=1S/C25H29N5O3S/c1-19-18-21(23-24(26-19)30-12-7-3-6-10-22(30)27-23)25(31)28-13-15-29(16-14-28)34(32,33)17-11-20-8-4-2-5-9-20/h2,4-5,8-9,11,17-18H,3,6-7,10,12-16H2,1H3/b17-11+. The summed E-state index contributed by atoms with van der Waals surface area (Å²) in [5.74, 6) is 0.890. The van der Waals surface area contributed by atoms with Crippen LogP contribution in [0.4, 0.5) is 0 Å². The molecule has 0 atom stereocenters. The Balaban J connectivity index is 1.33. The number of rotatable bonds is 4. The fourth-order valence-electron chi connectivity index (χ4n) is 4.71. The molecule has 0 radical (unpaired) electrons. The Morgan fingerprint density at radius 2 is 1.74 bits per heavy atom. The SMILES string of the molecule is Cc1cc(C(=O)N2CCN(S(=O)(=O)/C=C/c3ccccc3)CC2)c2nc3n(c2n1)CCCCC3. The van der Waals surface area contributed by atoms with Gasteiger partial charge in [0.2, 0.25) is 10.0 Å². The van der Waals surface area contributed by atoms with Crippen LogP contribution in [0.5, 0.6) is 0 Å². The number of piperazine rings is 1. The molecular weight excluding hydrogens is 450 g/mol. The van der Waals surface area contributed by atoms with Crippen molar-refractivity contribution in [3.63, 3.8) is 0 Å². The van der Waals surface area contributed by atoms with E-state index in [2.05, 4.69) is 4.57 Å². The van der Waals surface area contributed by atoms with Crippen molar-refractivity contribution in [3.8, 4) is 0 Å². The van der Waals surface area contributed by atoms with Gasteiger partial charge in [0.25, 0.3) is 5.91 Å². The van der Waals surface area contributed by atoms with Gasteiger partial charge in [0.15, 0.2) is 5.65 Å². The fourth-order valence-corrected chi connectivity index (χ4v) is 5.88. The summed E-state index contributed by atoms with van der Waals surface area (Å²) in [5, 5.41) is 1.24. The van der Waals surface area contributed by atoms with Crippen molar-refractivity contribution in [2.75, 3.05) is 26.2 Å². The Hall–Kier alpha value is -3.04. The number of benzene rings is 1. The smallest absolute Gasteiger partial charge is 0.256 e. The van der Waals surface area contributed by atoms with E-state index in [1.54, 1.807) is 11.0 Å². The quantitative estimate of drug-likeness (QED) is 0.573. The van der Waals surface area contributed by atoms with Crippen LogP contribution in [0.3, 0.4) is 0 Å². The average Bonchev–Trinajstić information content (AvgIpc) is 3.03. The predicted octanol–water partition coefficient (Wildman–Crippen LogP) is 3.22. The minimum absolute atomic E-state index is 0.111. The Bertz CT molecular complexity index is 1340. The second-order valence-electron chi connectivity index (χ2n) is 8.92. The van der Waals surface area contributed by atoms with Gasteiger partial charge in [-0.15, -0.1) is 0 Å². The van der Waals surface area contributed by atoms with Gasteiger partial charge >= 0.3 is 0 Å². The van der Waals surface area contributed by atoms with Crippen LogP contribution in [0, 0.1) is 6.92 Å². The lowest BCUT2D eigenvalue weighted by atomic mass is 10.1. The maximum Gasteiger partial charge on any atom is 0.256 e. The second kappa shape index (κ2) is 9.31. The molecule has 2 aliphatic heterocycles. The zero-order valence-electron chi connectivity index (χ0n) is 19.4. The molecule has 0 N–H and O–H groups in total. The molecule has 0 aliphatic carbocycles. The monoisotopic (exact) mass is 479 g/mol. The molecule has 34 heavy (non-hydrogen) atoms. The van der Waals surface area contributed by atoms with E-state index in [9.17, 15) is 13.2 Å². The molecule has 1 fully saturated rings. The summed E-state index contributed by atoms with van der Waals surface area (Å²) < 4.78 is 29.2. The highest BCUT2D eigenvalue weighted by Crippen LogP contribution is 2.25. The first kappa shape index (κ1) is 22.7. The van der Waals surface area contributed by atoms with Crippen LogP contribution in [0.25, 0.3) is 17.2 Å². The molecule has 0 spiro atoms. The molecule has 1 amide bonds. The molecule has 2 aromatic heterocycles. The van der Waals surface area contributed by atoms with Crippen LogP contribution in [-0.2, 0) is 23.0 Å². The molecule has 9 heteroatoms. The van der Waals surface area contributed by atoms with Crippen LogP contribution >= 0.6 is 0 Å². The van der Waals surface area contributed by atoms with Crippen molar-refractivity contribution in [1.29, 1.82) is 0 Å². The van der Waals surface area contributed by atoms with Crippen molar-refractivity contribution >= 4 is 33.2 Å². The highest BCUT2D eigenvalue weighted by molar-refractivity contribution is 7.92. The van der Waals surface area contributed by atoms with E-state index in [1.165, 1.54) is 16.1 Å². The molecule has 1 saturated heterocycles. The highest BCUT2D eigenvalue weighted by atomic mass is 32.2.